The normalized spacial score (nSPS) is 19.0. The minimum absolute atomic E-state index is 0.0705. The molecule has 1 aliphatic carbocycles. The van der Waals surface area contributed by atoms with E-state index in [0.717, 1.165) is 0 Å². The number of carbonyl (C=O) groups is 6. The number of carboxylic acid groups (broad SMARTS) is 2. The maximum Gasteiger partial charge on any atom is 0.306 e. The molecule has 1 aliphatic rings. The van der Waals surface area contributed by atoms with Gasteiger partial charge in [-0.25, -0.2) is 0 Å². The van der Waals surface area contributed by atoms with E-state index in [1.165, 1.54) is 54.0 Å². The Morgan fingerprint density at radius 3 is 2.02 bits per heavy atom. The number of aliphatic carboxylic acids is 2. The van der Waals surface area contributed by atoms with E-state index in [9.17, 15) is 54.3 Å². The molecule has 21 nitrogen and oxygen atoms in total. The van der Waals surface area contributed by atoms with Gasteiger partial charge in [0.2, 0.25) is 0 Å². The summed E-state index contributed by atoms with van der Waals surface area (Å²) in [6.07, 6.45) is -13.2. The molecule has 0 radical (unpaired) electrons. The molecule has 0 spiro atoms. The van der Waals surface area contributed by atoms with Gasteiger partial charge in [-0.2, -0.15) is 0 Å². The van der Waals surface area contributed by atoms with Crippen molar-refractivity contribution in [1.29, 1.82) is 0 Å². The first-order valence-corrected chi connectivity index (χ1v) is 19.6. The number of Topliss-reactive ketones (excluding diaryl/α,β-unsaturated/α-hetero) is 2. The SMILES string of the molecule is CO[C@@H]1C(=O)c2c(cc3cc(O[C@@H](C)OC(C)[C@@H](O)COCOC(C)[C@@H](O)COC(=O)CCC(=O)O)c(C)c(O)c3c2O)C[C@H]1[C@H](OC)C(=O)[C@@H](O)[C@@H](C)OC(=O)CCC(=O)O. The number of ether oxygens (including phenoxy) is 8. The number of aliphatic hydroxyl groups is 3. The van der Waals surface area contributed by atoms with Gasteiger partial charge in [-0.3, -0.25) is 28.8 Å². The first-order chi connectivity index (χ1) is 29.1. The van der Waals surface area contributed by atoms with E-state index in [1.54, 1.807) is 6.92 Å². The average molecular weight is 885 g/mol. The number of ketones is 2. The van der Waals surface area contributed by atoms with Gasteiger partial charge in [-0.1, -0.05) is 0 Å². The first kappa shape index (κ1) is 51.4. The Bertz CT molecular complexity index is 1910. The van der Waals surface area contributed by atoms with Gasteiger partial charge in [0.05, 0.1) is 55.4 Å². The predicted octanol–water partition coefficient (Wildman–Crippen LogP) is 1.31. The summed E-state index contributed by atoms with van der Waals surface area (Å²) in [5.74, 6) is -7.74. The number of fused-ring (bicyclic) bond motifs is 2. The third-order valence-electron chi connectivity index (χ3n) is 10.2. The van der Waals surface area contributed by atoms with E-state index in [4.69, 9.17) is 48.1 Å². The van der Waals surface area contributed by atoms with Crippen molar-refractivity contribution in [2.24, 2.45) is 5.92 Å². The number of carboxylic acids is 2. The monoisotopic (exact) mass is 884 g/mol. The minimum Gasteiger partial charge on any atom is -0.507 e. The second-order valence-corrected chi connectivity index (χ2v) is 14.8. The van der Waals surface area contributed by atoms with Crippen LogP contribution in [0.15, 0.2) is 12.1 Å². The molecule has 0 amide bonds. The number of rotatable bonds is 26. The molecule has 21 heteroatoms. The summed E-state index contributed by atoms with van der Waals surface area (Å²) >= 11 is 0. The third-order valence-corrected chi connectivity index (χ3v) is 10.2. The lowest BCUT2D eigenvalue weighted by Gasteiger charge is -2.36. The quantitative estimate of drug-likeness (QED) is 0.0398. The third kappa shape index (κ3) is 13.5. The van der Waals surface area contributed by atoms with Crippen molar-refractivity contribution in [3.05, 3.63) is 28.8 Å². The summed E-state index contributed by atoms with van der Waals surface area (Å²) in [6.45, 7) is 6.25. The fourth-order valence-corrected chi connectivity index (χ4v) is 6.67. The number of carbonyl (C=O) groups excluding carboxylic acids is 4. The number of methoxy groups -OCH3 is 2. The van der Waals surface area contributed by atoms with E-state index in [0.29, 0.717) is 0 Å². The Morgan fingerprint density at radius 1 is 0.806 bits per heavy atom. The van der Waals surface area contributed by atoms with Crippen LogP contribution in [0.4, 0.5) is 0 Å². The molecule has 2 unspecified atom stereocenters. The molecule has 3 rings (SSSR count). The number of phenolic OH excluding ortho intramolecular Hbond substituents is 2. The molecule has 0 saturated carbocycles. The molecular formula is C41H56O21. The molecule has 0 aromatic heterocycles. The standard InChI is InChI=1S/C41H56O21/c1-18-28(62-22(5)60-20(3)26(42)15-57-17-59-19(2)27(43)16-58-31(48)10-8-29(44)45)14-24-12-23-13-25(40(55-6)38(53)34(23)37(52)33(24)35(18)50)41(56-7)39(54)36(51)21(4)61-32(49)11-9-30(46)47/h12,14,19-22,25-27,36,40-43,50-52H,8-11,13,15-17H2,1-7H3,(H,44,45)(H,46,47)/t19?,20?,21-,22+,25-,26+,27+,36+,40+,41+/m1/s1. The second kappa shape index (κ2) is 23.4. The number of aromatic hydroxyl groups is 2. The lowest BCUT2D eigenvalue weighted by atomic mass is 9.75. The molecule has 7 N–H and O–H groups in total. The Morgan fingerprint density at radius 2 is 1.42 bits per heavy atom. The zero-order valence-electron chi connectivity index (χ0n) is 35.4. The zero-order chi connectivity index (χ0) is 46.6. The molecule has 0 bridgehead atoms. The van der Waals surface area contributed by atoms with E-state index in [1.807, 2.05) is 0 Å². The van der Waals surface area contributed by atoms with Gasteiger partial charge < -0.3 is 73.6 Å². The van der Waals surface area contributed by atoms with Crippen molar-refractivity contribution in [2.75, 3.05) is 34.2 Å². The highest BCUT2D eigenvalue weighted by Crippen LogP contribution is 2.46. The van der Waals surface area contributed by atoms with E-state index in [-0.39, 0.29) is 59.5 Å². The van der Waals surface area contributed by atoms with Crippen molar-refractivity contribution < 1.29 is 102 Å². The maximum absolute atomic E-state index is 13.9. The van der Waals surface area contributed by atoms with Gasteiger partial charge in [-0.05, 0) is 64.1 Å². The highest BCUT2D eigenvalue weighted by molar-refractivity contribution is 6.11. The average Bonchev–Trinajstić information content (AvgIpc) is 3.21. The summed E-state index contributed by atoms with van der Waals surface area (Å²) in [6, 6.07) is 3.00. The van der Waals surface area contributed by atoms with Gasteiger partial charge in [0, 0.05) is 25.7 Å². The summed E-state index contributed by atoms with van der Waals surface area (Å²) in [5.41, 5.74) is 0.251. The largest absolute Gasteiger partial charge is 0.507 e. The predicted molar refractivity (Wildman–Crippen MR) is 210 cm³/mol. The number of hydrogen-bond acceptors (Lipinski definition) is 19. The van der Waals surface area contributed by atoms with Crippen LogP contribution >= 0.6 is 0 Å². The second-order valence-electron chi connectivity index (χ2n) is 14.8. The molecule has 2 aromatic rings. The Labute approximate surface area is 356 Å². The molecule has 0 aliphatic heterocycles. The number of esters is 2. The van der Waals surface area contributed by atoms with Gasteiger partial charge in [-0.15, -0.1) is 0 Å². The Hall–Kier alpha value is -5.00. The van der Waals surface area contributed by atoms with Crippen molar-refractivity contribution in [3.8, 4) is 17.2 Å². The van der Waals surface area contributed by atoms with Crippen LogP contribution in [0.2, 0.25) is 0 Å². The number of aliphatic hydroxyl groups excluding tert-OH is 3. The summed E-state index contributed by atoms with van der Waals surface area (Å²) in [7, 11) is 2.39. The van der Waals surface area contributed by atoms with E-state index >= 15 is 0 Å². The van der Waals surface area contributed by atoms with Gasteiger partial charge in [0.1, 0.15) is 61.2 Å². The molecule has 0 saturated heterocycles. The fourth-order valence-electron chi connectivity index (χ4n) is 6.67. The van der Waals surface area contributed by atoms with Gasteiger partial charge >= 0.3 is 23.9 Å². The van der Waals surface area contributed by atoms with E-state index in [2.05, 4.69) is 0 Å². The van der Waals surface area contributed by atoms with Crippen LogP contribution in [0.25, 0.3) is 10.8 Å². The van der Waals surface area contributed by atoms with Crippen LogP contribution in [-0.4, -0.2) is 161 Å². The van der Waals surface area contributed by atoms with Crippen molar-refractivity contribution in [2.45, 2.75) is 122 Å². The number of hydrogen-bond donors (Lipinski definition) is 7. The van der Waals surface area contributed by atoms with Crippen LogP contribution in [0.5, 0.6) is 17.2 Å². The molecule has 0 fully saturated rings. The summed E-state index contributed by atoms with van der Waals surface area (Å²) < 4.78 is 43.3. The van der Waals surface area contributed by atoms with Crippen LogP contribution in [0.3, 0.4) is 0 Å². The van der Waals surface area contributed by atoms with Crippen LogP contribution < -0.4 is 4.74 Å². The minimum atomic E-state index is -1.93. The molecule has 2 aromatic carbocycles. The molecule has 346 valence electrons. The van der Waals surface area contributed by atoms with Gasteiger partial charge in [0.15, 0.2) is 24.0 Å². The number of benzene rings is 2. The van der Waals surface area contributed by atoms with Crippen molar-refractivity contribution >= 4 is 46.2 Å². The molecular weight excluding hydrogens is 828 g/mol. The lowest BCUT2D eigenvalue weighted by Crippen LogP contribution is -2.52. The number of phenols is 2. The lowest BCUT2D eigenvalue weighted by molar-refractivity contribution is -0.172. The van der Waals surface area contributed by atoms with E-state index < -0.39 is 134 Å². The summed E-state index contributed by atoms with van der Waals surface area (Å²) in [4.78, 5) is 72.5. The fraction of sp³-hybridized carbons (Fsp3) is 0.610. The van der Waals surface area contributed by atoms with Crippen molar-refractivity contribution in [3.63, 3.8) is 0 Å². The van der Waals surface area contributed by atoms with Crippen LogP contribution in [-0.2, 0) is 63.6 Å². The topological polar surface area (TPSA) is 318 Å². The highest BCUT2D eigenvalue weighted by atomic mass is 16.7. The molecule has 0 heterocycles. The van der Waals surface area contributed by atoms with Gasteiger partial charge in [0.25, 0.3) is 0 Å². The highest BCUT2D eigenvalue weighted by Gasteiger charge is 2.47. The molecule has 10 atom stereocenters. The Kier molecular flexibility index (Phi) is 19.4. The zero-order valence-corrected chi connectivity index (χ0v) is 35.4. The smallest absolute Gasteiger partial charge is 0.306 e. The Balaban J connectivity index is 1.69. The summed E-state index contributed by atoms with van der Waals surface area (Å²) in [5, 5.41) is 71.9. The maximum atomic E-state index is 13.9. The van der Waals surface area contributed by atoms with Crippen molar-refractivity contribution in [1.82, 2.24) is 0 Å². The molecule has 62 heavy (non-hydrogen) atoms. The first-order valence-electron chi connectivity index (χ1n) is 19.6. The van der Waals surface area contributed by atoms with Crippen LogP contribution in [0, 0.1) is 12.8 Å². The van der Waals surface area contributed by atoms with Crippen LogP contribution in [0.1, 0.15) is 74.9 Å².